The van der Waals surface area contributed by atoms with E-state index in [1.807, 2.05) is 11.0 Å². The van der Waals surface area contributed by atoms with E-state index in [0.717, 1.165) is 47.3 Å². The Morgan fingerprint density at radius 3 is 2.74 bits per heavy atom. The van der Waals surface area contributed by atoms with Crippen LogP contribution in [0, 0.1) is 46.2 Å². The van der Waals surface area contributed by atoms with Crippen LogP contribution in [0.2, 0.25) is 0 Å². The van der Waals surface area contributed by atoms with Crippen LogP contribution in [0.15, 0.2) is 18.2 Å². The number of rotatable bonds is 4. The fraction of sp³-hybridized carbons (Fsp3) is 0.774. The van der Waals surface area contributed by atoms with Crippen molar-refractivity contribution in [3.05, 3.63) is 29.6 Å². The minimum absolute atomic E-state index is 0.163. The molecule has 0 spiro atoms. The summed E-state index contributed by atoms with van der Waals surface area (Å²) < 4.78 is 14.1. The van der Waals surface area contributed by atoms with Gasteiger partial charge in [-0.25, -0.2) is 4.39 Å². The summed E-state index contributed by atoms with van der Waals surface area (Å²) in [5, 5.41) is 0. The zero-order chi connectivity index (χ0) is 23.5. The van der Waals surface area contributed by atoms with Gasteiger partial charge in [0, 0.05) is 24.2 Å². The lowest BCUT2D eigenvalue weighted by molar-refractivity contribution is -0.119. The normalized spacial score (nSPS) is 40.9. The predicted octanol–water partition coefficient (Wildman–Crippen LogP) is 7.93. The Bertz CT molecular complexity index is 943. The van der Waals surface area contributed by atoms with Crippen molar-refractivity contribution < 1.29 is 9.18 Å². The maximum atomic E-state index is 14.1. The van der Waals surface area contributed by atoms with Crippen LogP contribution in [0.3, 0.4) is 0 Å². The number of halogens is 1. The minimum Gasteiger partial charge on any atom is -0.312 e. The van der Waals surface area contributed by atoms with E-state index < -0.39 is 0 Å². The molecule has 4 fully saturated rings. The van der Waals surface area contributed by atoms with Crippen LogP contribution < -0.4 is 4.90 Å². The largest absolute Gasteiger partial charge is 0.312 e. The van der Waals surface area contributed by atoms with Gasteiger partial charge in [0.1, 0.15) is 5.82 Å². The summed E-state index contributed by atoms with van der Waals surface area (Å²) in [4.78, 5) is 14.9. The first-order valence-corrected chi connectivity index (χ1v) is 14.5. The summed E-state index contributed by atoms with van der Waals surface area (Å²) in [6.45, 7) is 5.94. The van der Waals surface area contributed by atoms with Crippen molar-refractivity contribution in [1.82, 2.24) is 0 Å². The second-order valence-corrected chi connectivity index (χ2v) is 13.1. The molecular formula is C31H44FNO. The maximum absolute atomic E-state index is 14.1. The van der Waals surface area contributed by atoms with Crippen LogP contribution in [0.1, 0.15) is 103 Å². The third-order valence-electron chi connectivity index (χ3n) is 12.0. The predicted molar refractivity (Wildman–Crippen MR) is 136 cm³/mol. The number of amides is 1. The molecular weight excluding hydrogens is 421 g/mol. The highest BCUT2D eigenvalue weighted by Crippen LogP contribution is 2.67. The molecule has 0 aromatic heterocycles. The molecule has 4 saturated carbocycles. The summed E-state index contributed by atoms with van der Waals surface area (Å²) >= 11 is 0. The molecule has 1 aliphatic heterocycles. The Kier molecular flexibility index (Phi) is 5.85. The first kappa shape index (κ1) is 23.0. The smallest absolute Gasteiger partial charge is 0.226 e. The Labute approximate surface area is 206 Å². The second-order valence-electron chi connectivity index (χ2n) is 13.1. The molecule has 7 atom stereocenters. The van der Waals surface area contributed by atoms with Gasteiger partial charge in [0.2, 0.25) is 5.91 Å². The van der Waals surface area contributed by atoms with Gasteiger partial charge in [-0.15, -0.1) is 0 Å². The zero-order valence-electron chi connectivity index (χ0n) is 21.5. The van der Waals surface area contributed by atoms with Gasteiger partial charge in [-0.1, -0.05) is 32.8 Å². The molecule has 0 radical (unpaired) electrons. The van der Waals surface area contributed by atoms with Crippen LogP contribution in [0.25, 0.3) is 0 Å². The topological polar surface area (TPSA) is 20.3 Å². The average Bonchev–Trinajstić information content (AvgIpc) is 3.41. The molecule has 1 aromatic carbocycles. The molecule has 0 N–H and O–H groups in total. The average molecular weight is 466 g/mol. The van der Waals surface area contributed by atoms with Crippen molar-refractivity contribution in [1.29, 1.82) is 0 Å². The third kappa shape index (κ3) is 3.50. The van der Waals surface area contributed by atoms with E-state index >= 15 is 0 Å². The van der Waals surface area contributed by atoms with Gasteiger partial charge in [-0.3, -0.25) is 4.79 Å². The van der Waals surface area contributed by atoms with Crippen LogP contribution in [-0.2, 0) is 11.2 Å². The highest BCUT2D eigenvalue weighted by molar-refractivity contribution is 5.95. The molecule has 2 nitrogen and oxygen atoms in total. The van der Waals surface area contributed by atoms with Crippen molar-refractivity contribution in [2.45, 2.75) is 104 Å². The van der Waals surface area contributed by atoms with E-state index in [1.54, 1.807) is 6.07 Å². The second kappa shape index (κ2) is 8.63. The number of benzene rings is 1. The minimum atomic E-state index is -0.163. The summed E-state index contributed by atoms with van der Waals surface area (Å²) in [6, 6.07) is 5.16. The molecule has 1 amide bonds. The van der Waals surface area contributed by atoms with E-state index in [1.165, 1.54) is 76.7 Å². The van der Waals surface area contributed by atoms with Crippen LogP contribution >= 0.6 is 0 Å². The van der Waals surface area contributed by atoms with Crippen molar-refractivity contribution in [2.75, 3.05) is 11.4 Å². The first-order chi connectivity index (χ1) is 16.4. The molecule has 34 heavy (non-hydrogen) atoms. The molecule has 0 saturated heterocycles. The summed E-state index contributed by atoms with van der Waals surface area (Å²) in [5.41, 5.74) is 2.65. The SMILES string of the molecule is CC12CCCCC1CCC1C2CCC2(C)C(CCCC(=O)N3CCc4c(F)cccc43)CCC12. The quantitative estimate of drug-likeness (QED) is 0.442. The van der Waals surface area contributed by atoms with Gasteiger partial charge in [-0.2, -0.15) is 0 Å². The number of hydrogen-bond donors (Lipinski definition) is 0. The lowest BCUT2D eigenvalue weighted by atomic mass is 9.45. The Balaban J connectivity index is 1.08. The fourth-order valence-corrected chi connectivity index (χ4v) is 10.2. The van der Waals surface area contributed by atoms with E-state index in [9.17, 15) is 9.18 Å². The molecule has 1 aromatic rings. The summed E-state index contributed by atoms with van der Waals surface area (Å²) in [5.74, 6) is 4.66. The van der Waals surface area contributed by atoms with E-state index in [2.05, 4.69) is 13.8 Å². The summed E-state index contributed by atoms with van der Waals surface area (Å²) in [6.07, 6.45) is 18.0. The van der Waals surface area contributed by atoms with Gasteiger partial charge >= 0.3 is 0 Å². The standard InChI is InChI=1S/C31H44FNO/c1-30-18-4-3-7-21(30)12-14-23-25-15-13-22(31(25,2)19-16-26(23)30)8-5-11-29(34)33-20-17-24-27(32)9-6-10-28(24)33/h6,9-10,21-23,25-26H,3-5,7-8,11-20H2,1-2H3. The number of hydrogen-bond acceptors (Lipinski definition) is 1. The van der Waals surface area contributed by atoms with E-state index in [0.29, 0.717) is 30.2 Å². The highest BCUT2D eigenvalue weighted by atomic mass is 19.1. The van der Waals surface area contributed by atoms with Crippen LogP contribution in [0.4, 0.5) is 10.1 Å². The van der Waals surface area contributed by atoms with E-state index in [4.69, 9.17) is 0 Å². The third-order valence-corrected chi connectivity index (χ3v) is 12.0. The van der Waals surface area contributed by atoms with Crippen molar-refractivity contribution in [3.63, 3.8) is 0 Å². The Morgan fingerprint density at radius 1 is 1.00 bits per heavy atom. The zero-order valence-corrected chi connectivity index (χ0v) is 21.5. The monoisotopic (exact) mass is 465 g/mol. The van der Waals surface area contributed by atoms with Gasteiger partial charge in [-0.05, 0) is 123 Å². The van der Waals surface area contributed by atoms with E-state index in [-0.39, 0.29) is 11.7 Å². The maximum Gasteiger partial charge on any atom is 0.226 e. The number of fused-ring (bicyclic) bond motifs is 6. The highest BCUT2D eigenvalue weighted by Gasteiger charge is 2.59. The molecule has 7 unspecified atom stereocenters. The molecule has 0 bridgehead atoms. The summed E-state index contributed by atoms with van der Waals surface area (Å²) in [7, 11) is 0. The van der Waals surface area contributed by atoms with Crippen molar-refractivity contribution in [2.24, 2.45) is 40.4 Å². The van der Waals surface area contributed by atoms with Crippen LogP contribution in [-0.4, -0.2) is 12.5 Å². The fourth-order valence-electron chi connectivity index (χ4n) is 10.2. The Morgan fingerprint density at radius 2 is 1.85 bits per heavy atom. The first-order valence-electron chi connectivity index (χ1n) is 14.5. The van der Waals surface area contributed by atoms with Crippen molar-refractivity contribution in [3.8, 4) is 0 Å². The molecule has 6 rings (SSSR count). The molecule has 3 heteroatoms. The van der Waals surface area contributed by atoms with Gasteiger partial charge in [0.15, 0.2) is 0 Å². The molecule has 1 heterocycles. The number of carbonyl (C=O) groups excluding carboxylic acids is 1. The van der Waals surface area contributed by atoms with Gasteiger partial charge in [0.25, 0.3) is 0 Å². The Hall–Kier alpha value is -1.38. The lowest BCUT2D eigenvalue weighted by Gasteiger charge is -2.60. The van der Waals surface area contributed by atoms with Gasteiger partial charge < -0.3 is 4.90 Å². The molecule has 4 aliphatic carbocycles. The van der Waals surface area contributed by atoms with Crippen LogP contribution in [0.5, 0.6) is 0 Å². The number of carbonyl (C=O) groups is 1. The van der Waals surface area contributed by atoms with Crippen molar-refractivity contribution >= 4 is 11.6 Å². The number of anilines is 1. The lowest BCUT2D eigenvalue weighted by Crippen LogP contribution is -2.52. The molecule has 186 valence electrons. The van der Waals surface area contributed by atoms with Gasteiger partial charge in [0.05, 0.1) is 0 Å². The number of nitrogens with zero attached hydrogens (tertiary/aromatic N) is 1. The molecule has 5 aliphatic rings.